The Kier molecular flexibility index (Phi) is 7.94. The van der Waals surface area contributed by atoms with Gasteiger partial charge in [-0.2, -0.15) is 13.2 Å². The van der Waals surface area contributed by atoms with E-state index in [1.807, 2.05) is 0 Å². The fourth-order valence-electron chi connectivity index (χ4n) is 4.89. The molecule has 0 saturated heterocycles. The Bertz CT molecular complexity index is 1830. The average molecular weight is 597 g/mol. The summed E-state index contributed by atoms with van der Waals surface area (Å²) in [4.78, 5) is 29.5. The van der Waals surface area contributed by atoms with Gasteiger partial charge in [0.2, 0.25) is 5.91 Å². The zero-order valence-corrected chi connectivity index (χ0v) is 22.1. The molecular weight excluding hydrogens is 574 g/mol. The number of carbonyl (C=O) groups is 2. The maximum atomic E-state index is 14.2. The Morgan fingerprint density at radius 2 is 1.67 bits per heavy atom. The molecule has 12 heteroatoms. The van der Waals surface area contributed by atoms with E-state index in [4.69, 9.17) is 5.73 Å². The van der Waals surface area contributed by atoms with Crippen LogP contribution in [0.3, 0.4) is 0 Å². The predicted octanol–water partition coefficient (Wildman–Crippen LogP) is 6.34. The minimum atomic E-state index is -4.58. The lowest BCUT2D eigenvalue weighted by molar-refractivity contribution is -0.137. The molecule has 0 fully saturated rings. The molecule has 0 aliphatic heterocycles. The fourth-order valence-corrected chi connectivity index (χ4v) is 4.89. The number of pyridine rings is 1. The first-order valence-electron chi connectivity index (χ1n) is 12.8. The van der Waals surface area contributed by atoms with Gasteiger partial charge in [0.1, 0.15) is 24.0 Å². The number of halogens is 6. The van der Waals surface area contributed by atoms with Gasteiger partial charge in [-0.15, -0.1) is 0 Å². The first-order valence-corrected chi connectivity index (χ1v) is 12.8. The van der Waals surface area contributed by atoms with E-state index in [9.17, 15) is 35.9 Å². The molecule has 3 N–H and O–H groups in total. The highest BCUT2D eigenvalue weighted by Gasteiger charge is 2.31. The Morgan fingerprint density at radius 1 is 0.930 bits per heavy atom. The Balaban J connectivity index is 1.52. The number of benzene rings is 3. The van der Waals surface area contributed by atoms with Crippen LogP contribution >= 0.6 is 0 Å². The number of carbonyl (C=O) groups excluding carboxylic acids is 2. The minimum absolute atomic E-state index is 0.140. The maximum absolute atomic E-state index is 14.2. The van der Waals surface area contributed by atoms with Crippen LogP contribution in [0.25, 0.3) is 22.0 Å². The molecule has 5 aromatic rings. The monoisotopic (exact) mass is 596 g/mol. The number of hydrogen-bond acceptors (Lipinski definition) is 3. The van der Waals surface area contributed by atoms with E-state index in [0.29, 0.717) is 22.6 Å². The average Bonchev–Trinajstić information content (AvgIpc) is 3.33. The van der Waals surface area contributed by atoms with Gasteiger partial charge >= 0.3 is 6.18 Å². The lowest BCUT2D eigenvalue weighted by Gasteiger charge is -2.22. The molecule has 0 saturated carbocycles. The largest absolute Gasteiger partial charge is 0.416 e. The Labute approximate surface area is 240 Å². The summed E-state index contributed by atoms with van der Waals surface area (Å²) >= 11 is 0. The van der Waals surface area contributed by atoms with E-state index in [0.717, 1.165) is 30.3 Å². The molecule has 2 heterocycles. The topological polar surface area (TPSA) is 90.0 Å². The van der Waals surface area contributed by atoms with Gasteiger partial charge in [-0.25, -0.2) is 13.2 Å². The summed E-state index contributed by atoms with van der Waals surface area (Å²) in [6, 6.07) is 13.4. The lowest BCUT2D eigenvalue weighted by atomic mass is 9.94. The van der Waals surface area contributed by atoms with Crippen molar-refractivity contribution in [3.05, 3.63) is 125 Å². The van der Waals surface area contributed by atoms with Gasteiger partial charge in [0.25, 0.3) is 5.91 Å². The first-order chi connectivity index (χ1) is 20.4. The highest BCUT2D eigenvalue weighted by molar-refractivity contribution is 5.94. The fraction of sp³-hybridized carbons (Fsp3) is 0.129. The second-order valence-corrected chi connectivity index (χ2v) is 9.81. The van der Waals surface area contributed by atoms with Crippen molar-refractivity contribution in [1.29, 1.82) is 0 Å². The molecule has 43 heavy (non-hydrogen) atoms. The van der Waals surface area contributed by atoms with Gasteiger partial charge in [0.15, 0.2) is 0 Å². The third-order valence-corrected chi connectivity index (χ3v) is 6.82. The second kappa shape index (κ2) is 11.6. The van der Waals surface area contributed by atoms with E-state index in [-0.39, 0.29) is 35.3 Å². The molecule has 0 aliphatic rings. The number of nitrogens with one attached hydrogen (secondary N) is 1. The number of nitrogens with two attached hydrogens (primary N) is 1. The minimum Gasteiger partial charge on any atom is -0.366 e. The van der Waals surface area contributed by atoms with Gasteiger partial charge in [-0.1, -0.05) is 18.2 Å². The SMILES string of the molecule is NC(=O)c1cc(-c2cccnc2C(Cc2cc(F)cc(F)c2)NC(=O)Cn2ccc3ccc(C(F)(F)F)cc32)ccc1F. The van der Waals surface area contributed by atoms with Gasteiger partial charge < -0.3 is 15.6 Å². The first kappa shape index (κ1) is 29.4. The van der Waals surface area contributed by atoms with E-state index in [1.54, 1.807) is 18.2 Å². The number of hydrogen-bond donors (Lipinski definition) is 2. The summed E-state index contributed by atoms with van der Waals surface area (Å²) in [5, 5.41) is 3.26. The third kappa shape index (κ3) is 6.53. The van der Waals surface area contributed by atoms with Gasteiger partial charge in [0.05, 0.1) is 22.9 Å². The van der Waals surface area contributed by atoms with Crippen molar-refractivity contribution in [2.75, 3.05) is 0 Å². The number of alkyl halides is 3. The highest BCUT2D eigenvalue weighted by atomic mass is 19.4. The van der Waals surface area contributed by atoms with Crippen LogP contribution in [0, 0.1) is 17.5 Å². The quantitative estimate of drug-likeness (QED) is 0.205. The van der Waals surface area contributed by atoms with Crippen LogP contribution in [0.2, 0.25) is 0 Å². The number of amides is 2. The standard InChI is InChI=1S/C31H22F6N4O2/c32-21-10-17(11-22(33)15-21)12-26(29-23(2-1-8-39-29)19-4-6-25(34)24(13-19)30(38)43)40-28(42)16-41-9-7-18-3-5-20(14-27(18)41)31(35,36)37/h1-11,13-15,26H,12,16H2,(H2,38,43)(H,40,42). The third-order valence-electron chi connectivity index (χ3n) is 6.82. The molecule has 5 rings (SSSR count). The highest BCUT2D eigenvalue weighted by Crippen LogP contribution is 2.33. The van der Waals surface area contributed by atoms with E-state index < -0.39 is 47.0 Å². The Morgan fingerprint density at radius 3 is 2.37 bits per heavy atom. The van der Waals surface area contributed by atoms with E-state index in [1.165, 1.54) is 35.2 Å². The van der Waals surface area contributed by atoms with Crippen LogP contribution in [0.1, 0.15) is 33.2 Å². The zero-order chi connectivity index (χ0) is 30.9. The molecule has 3 aromatic carbocycles. The summed E-state index contributed by atoms with van der Waals surface area (Å²) in [6.07, 6.45) is -1.84. The zero-order valence-electron chi connectivity index (χ0n) is 22.1. The summed E-state index contributed by atoms with van der Waals surface area (Å²) in [7, 11) is 0. The van der Waals surface area contributed by atoms with Crippen molar-refractivity contribution in [1.82, 2.24) is 14.9 Å². The molecule has 0 aliphatic carbocycles. The summed E-state index contributed by atoms with van der Waals surface area (Å²) in [6.45, 7) is -0.386. The summed E-state index contributed by atoms with van der Waals surface area (Å²) < 4.78 is 83.6. The van der Waals surface area contributed by atoms with Crippen LogP contribution in [0.15, 0.2) is 85.2 Å². The summed E-state index contributed by atoms with van der Waals surface area (Å²) in [5.41, 5.74) is 5.33. The summed E-state index contributed by atoms with van der Waals surface area (Å²) in [5.74, 6) is -4.16. The molecule has 2 amide bonds. The molecule has 2 aromatic heterocycles. The van der Waals surface area contributed by atoms with Crippen molar-refractivity contribution in [3.63, 3.8) is 0 Å². The van der Waals surface area contributed by atoms with Crippen LogP contribution in [0.5, 0.6) is 0 Å². The second-order valence-electron chi connectivity index (χ2n) is 9.81. The van der Waals surface area contributed by atoms with Crippen molar-refractivity contribution in [2.45, 2.75) is 25.2 Å². The molecular formula is C31H22F6N4O2. The molecule has 1 atom stereocenters. The molecule has 0 radical (unpaired) electrons. The number of rotatable bonds is 8. The Hall–Kier alpha value is -5.13. The number of fused-ring (bicyclic) bond motifs is 1. The molecule has 1 unspecified atom stereocenters. The number of primary amides is 1. The molecule has 6 nitrogen and oxygen atoms in total. The number of aromatic nitrogens is 2. The van der Waals surface area contributed by atoms with Crippen molar-refractivity contribution < 1.29 is 35.9 Å². The van der Waals surface area contributed by atoms with Crippen molar-refractivity contribution in [2.24, 2.45) is 5.73 Å². The van der Waals surface area contributed by atoms with E-state index >= 15 is 0 Å². The smallest absolute Gasteiger partial charge is 0.366 e. The van der Waals surface area contributed by atoms with Crippen molar-refractivity contribution >= 4 is 22.7 Å². The molecule has 0 spiro atoms. The van der Waals surface area contributed by atoms with Crippen LogP contribution < -0.4 is 11.1 Å². The van der Waals surface area contributed by atoms with E-state index in [2.05, 4.69) is 10.3 Å². The van der Waals surface area contributed by atoms with Gasteiger partial charge in [-0.05, 0) is 71.5 Å². The molecule has 220 valence electrons. The normalized spacial score (nSPS) is 12.3. The van der Waals surface area contributed by atoms with Crippen LogP contribution in [0.4, 0.5) is 26.3 Å². The van der Waals surface area contributed by atoms with Crippen LogP contribution in [-0.4, -0.2) is 21.4 Å². The van der Waals surface area contributed by atoms with Crippen LogP contribution in [-0.2, 0) is 23.9 Å². The lowest BCUT2D eigenvalue weighted by Crippen LogP contribution is -2.33. The molecule has 0 bridgehead atoms. The van der Waals surface area contributed by atoms with Crippen molar-refractivity contribution in [3.8, 4) is 11.1 Å². The van der Waals surface area contributed by atoms with Gasteiger partial charge in [-0.3, -0.25) is 14.6 Å². The predicted molar refractivity (Wildman–Crippen MR) is 146 cm³/mol. The maximum Gasteiger partial charge on any atom is 0.416 e. The number of nitrogens with zero attached hydrogens (tertiary/aromatic N) is 2. The van der Waals surface area contributed by atoms with Gasteiger partial charge in [0, 0.05) is 29.5 Å².